The molecule has 6 nitrogen and oxygen atoms in total. The molecule has 1 atom stereocenters. The number of fused-ring (bicyclic) bond motifs is 1. The van der Waals surface area contributed by atoms with E-state index in [4.69, 9.17) is 16.3 Å². The highest BCUT2D eigenvalue weighted by Crippen LogP contribution is 2.32. The van der Waals surface area contributed by atoms with Crippen LogP contribution in [0.3, 0.4) is 0 Å². The van der Waals surface area contributed by atoms with Crippen LogP contribution in [0.4, 0.5) is 4.39 Å². The number of rotatable bonds is 8. The van der Waals surface area contributed by atoms with E-state index in [9.17, 15) is 24.2 Å². The molecule has 8 heteroatoms. The monoisotopic (exact) mass is 515 g/mol. The minimum Gasteiger partial charge on any atom is -0.489 e. The largest absolute Gasteiger partial charge is 0.489 e. The molecule has 3 aromatic rings. The van der Waals surface area contributed by atoms with Crippen LogP contribution >= 0.6 is 11.6 Å². The Bertz CT molecular complexity index is 1330. The standard InChI is InChI=1S/C28H31ClFNO5/c1-16(2)36-23-13-7-11-19-26(23)31(15-22(32)17-8-4-3-5-9-17)21(24(27(19)33)28(34)35)14-18-10-6-12-20(29)25(18)30/h6-7,10-13,16-17,22,32H,3-5,8-9,14-15H2,1-2H3,(H,34,35). The summed E-state index contributed by atoms with van der Waals surface area (Å²) in [5.74, 6) is -1.62. The summed E-state index contributed by atoms with van der Waals surface area (Å²) in [5, 5.41) is 21.5. The maximum atomic E-state index is 14.9. The van der Waals surface area contributed by atoms with Crippen LogP contribution < -0.4 is 10.2 Å². The maximum Gasteiger partial charge on any atom is 0.341 e. The van der Waals surface area contributed by atoms with Gasteiger partial charge in [-0.05, 0) is 56.4 Å². The van der Waals surface area contributed by atoms with Crippen LogP contribution in [0.25, 0.3) is 10.9 Å². The van der Waals surface area contributed by atoms with Crippen LogP contribution in [0.1, 0.15) is 67.6 Å². The molecular weight excluding hydrogens is 485 g/mol. The second-order valence-electron chi connectivity index (χ2n) is 9.74. The number of hydrogen-bond acceptors (Lipinski definition) is 4. The molecule has 1 heterocycles. The lowest BCUT2D eigenvalue weighted by atomic mass is 9.85. The molecule has 2 N–H and O–H groups in total. The van der Waals surface area contributed by atoms with Crippen LogP contribution in [0.15, 0.2) is 41.2 Å². The molecule has 0 aliphatic heterocycles. The van der Waals surface area contributed by atoms with E-state index >= 15 is 0 Å². The third-order valence-corrected chi connectivity index (χ3v) is 7.18. The average Bonchev–Trinajstić information content (AvgIpc) is 2.84. The normalized spacial score (nSPS) is 15.4. The predicted molar refractivity (Wildman–Crippen MR) is 138 cm³/mol. The zero-order valence-electron chi connectivity index (χ0n) is 20.5. The van der Waals surface area contributed by atoms with Crippen LogP contribution in [-0.4, -0.2) is 33.0 Å². The molecule has 1 aromatic heterocycles. The van der Waals surface area contributed by atoms with Crippen LogP contribution in [0.2, 0.25) is 5.02 Å². The van der Waals surface area contributed by atoms with Crippen molar-refractivity contribution < 1.29 is 24.1 Å². The van der Waals surface area contributed by atoms with Crippen molar-refractivity contribution >= 4 is 28.5 Å². The third kappa shape index (κ3) is 5.27. The Morgan fingerprint density at radius 1 is 1.17 bits per heavy atom. The van der Waals surface area contributed by atoms with E-state index in [1.54, 1.807) is 28.8 Å². The van der Waals surface area contributed by atoms with Gasteiger partial charge in [0.2, 0.25) is 5.43 Å². The first-order valence-corrected chi connectivity index (χ1v) is 12.8. The van der Waals surface area contributed by atoms with E-state index in [1.165, 1.54) is 12.1 Å². The van der Waals surface area contributed by atoms with Crippen molar-refractivity contribution in [3.05, 3.63) is 74.3 Å². The van der Waals surface area contributed by atoms with Crippen molar-refractivity contribution in [2.75, 3.05) is 0 Å². The molecular formula is C28H31ClFNO5. The fraction of sp³-hybridized carbons (Fsp3) is 0.429. The van der Waals surface area contributed by atoms with E-state index in [0.29, 0.717) is 11.3 Å². The van der Waals surface area contributed by atoms with Gasteiger partial charge in [0.1, 0.15) is 17.1 Å². The number of carboxylic acids is 1. The van der Waals surface area contributed by atoms with Gasteiger partial charge in [-0.15, -0.1) is 0 Å². The number of nitrogens with zero attached hydrogens (tertiary/aromatic N) is 1. The van der Waals surface area contributed by atoms with Gasteiger partial charge in [0, 0.05) is 18.7 Å². The molecule has 0 spiro atoms. The van der Waals surface area contributed by atoms with Crippen molar-refractivity contribution in [1.29, 1.82) is 0 Å². The highest BCUT2D eigenvalue weighted by Gasteiger charge is 2.29. The lowest BCUT2D eigenvalue weighted by molar-refractivity contribution is 0.0667. The van der Waals surface area contributed by atoms with E-state index < -0.39 is 28.9 Å². The van der Waals surface area contributed by atoms with Crippen molar-refractivity contribution in [3.63, 3.8) is 0 Å². The summed E-state index contributed by atoms with van der Waals surface area (Å²) >= 11 is 6.00. The number of aromatic carboxylic acids is 1. The number of hydrogen-bond donors (Lipinski definition) is 2. The van der Waals surface area contributed by atoms with Crippen molar-refractivity contribution in [3.8, 4) is 5.75 Å². The molecule has 1 unspecified atom stereocenters. The van der Waals surface area contributed by atoms with Crippen LogP contribution in [0, 0.1) is 11.7 Å². The summed E-state index contributed by atoms with van der Waals surface area (Å²) in [6.07, 6.45) is 3.75. The first-order valence-electron chi connectivity index (χ1n) is 12.4. The van der Waals surface area contributed by atoms with Gasteiger partial charge >= 0.3 is 5.97 Å². The number of aliphatic hydroxyl groups is 1. The minimum absolute atomic E-state index is 0.0513. The second-order valence-corrected chi connectivity index (χ2v) is 10.1. The van der Waals surface area contributed by atoms with Crippen LogP contribution in [-0.2, 0) is 13.0 Å². The predicted octanol–water partition coefficient (Wildman–Crippen LogP) is 5.81. The highest BCUT2D eigenvalue weighted by atomic mass is 35.5. The molecule has 2 aromatic carbocycles. The van der Waals surface area contributed by atoms with E-state index in [1.807, 2.05) is 13.8 Å². The number of halogens is 2. The van der Waals surface area contributed by atoms with Crippen molar-refractivity contribution in [1.82, 2.24) is 4.57 Å². The molecule has 0 bridgehead atoms. The highest BCUT2D eigenvalue weighted by molar-refractivity contribution is 6.30. The summed E-state index contributed by atoms with van der Waals surface area (Å²) in [7, 11) is 0. The number of ether oxygens (including phenoxy) is 1. The second kappa shape index (κ2) is 11.0. The number of aliphatic hydroxyl groups excluding tert-OH is 1. The summed E-state index contributed by atoms with van der Waals surface area (Å²) in [6.45, 7) is 3.76. The number of aromatic nitrogens is 1. The number of para-hydroxylation sites is 1. The molecule has 4 rings (SSSR count). The molecule has 1 fully saturated rings. The first kappa shape index (κ1) is 26.2. The minimum atomic E-state index is -1.41. The van der Waals surface area contributed by atoms with Gasteiger partial charge in [-0.25, -0.2) is 9.18 Å². The van der Waals surface area contributed by atoms with Gasteiger partial charge in [0.15, 0.2) is 0 Å². The summed E-state index contributed by atoms with van der Waals surface area (Å²) in [5.41, 5.74) is -0.455. The first-order chi connectivity index (χ1) is 17.2. The zero-order chi connectivity index (χ0) is 26.0. The maximum absolute atomic E-state index is 14.9. The smallest absolute Gasteiger partial charge is 0.341 e. The Kier molecular flexibility index (Phi) is 8.00. The Balaban J connectivity index is 2.00. The molecule has 36 heavy (non-hydrogen) atoms. The number of carbonyl (C=O) groups is 1. The van der Waals surface area contributed by atoms with Gasteiger partial charge in [0.05, 0.1) is 28.1 Å². The topological polar surface area (TPSA) is 88.8 Å². The molecule has 0 saturated heterocycles. The van der Waals surface area contributed by atoms with Crippen LogP contribution in [0.5, 0.6) is 5.75 Å². The van der Waals surface area contributed by atoms with Gasteiger partial charge in [0.25, 0.3) is 0 Å². The third-order valence-electron chi connectivity index (χ3n) is 6.88. The van der Waals surface area contributed by atoms with Gasteiger partial charge in [-0.3, -0.25) is 4.79 Å². The van der Waals surface area contributed by atoms with Crippen molar-refractivity contribution in [2.45, 2.75) is 71.1 Å². The van der Waals surface area contributed by atoms with E-state index in [2.05, 4.69) is 0 Å². The van der Waals surface area contributed by atoms with Gasteiger partial charge < -0.3 is 19.5 Å². The summed E-state index contributed by atoms with van der Waals surface area (Å²) in [6, 6.07) is 9.42. The molecule has 192 valence electrons. The molecule has 1 saturated carbocycles. The number of pyridine rings is 1. The molecule has 1 aliphatic rings. The van der Waals surface area contributed by atoms with E-state index in [-0.39, 0.29) is 46.7 Å². The summed E-state index contributed by atoms with van der Waals surface area (Å²) < 4.78 is 22.6. The quantitative estimate of drug-likeness (QED) is 0.395. The number of carboxylic acid groups (broad SMARTS) is 1. The lowest BCUT2D eigenvalue weighted by Gasteiger charge is -2.30. The fourth-order valence-corrected chi connectivity index (χ4v) is 5.39. The van der Waals surface area contributed by atoms with Gasteiger partial charge in [-0.1, -0.05) is 49.1 Å². The Morgan fingerprint density at radius 2 is 1.86 bits per heavy atom. The SMILES string of the molecule is CC(C)Oc1cccc2c(=O)c(C(=O)O)c(Cc3cccc(Cl)c3F)n(CC(O)C3CCCCC3)c12. The molecule has 0 radical (unpaired) electrons. The fourth-order valence-electron chi connectivity index (χ4n) is 5.19. The molecule has 0 amide bonds. The Labute approximate surface area is 214 Å². The summed E-state index contributed by atoms with van der Waals surface area (Å²) in [4.78, 5) is 25.9. The van der Waals surface area contributed by atoms with Gasteiger partial charge in [-0.2, -0.15) is 0 Å². The average molecular weight is 516 g/mol. The van der Waals surface area contributed by atoms with Crippen molar-refractivity contribution in [2.24, 2.45) is 5.92 Å². The Morgan fingerprint density at radius 3 is 2.53 bits per heavy atom. The zero-order valence-corrected chi connectivity index (χ0v) is 21.2. The van der Waals surface area contributed by atoms with E-state index in [0.717, 1.165) is 32.1 Å². The number of benzene rings is 2. The lowest BCUT2D eigenvalue weighted by Crippen LogP contribution is -2.32. The Hall–Kier alpha value is -2.90. The molecule has 1 aliphatic carbocycles.